The van der Waals surface area contributed by atoms with E-state index in [0.717, 1.165) is 34.2 Å². The average molecular weight is 643 g/mol. The number of rotatable bonds is 7. The molecule has 0 saturated carbocycles. The smallest absolute Gasteiger partial charge is 0.294 e. The van der Waals surface area contributed by atoms with Gasteiger partial charge in [0.25, 0.3) is 16.8 Å². The summed E-state index contributed by atoms with van der Waals surface area (Å²) in [7, 11) is 0. The van der Waals surface area contributed by atoms with Crippen LogP contribution in [0.4, 0.5) is 10.5 Å². The molecule has 2 aliphatic rings. The number of carbonyl (C=O) groups is 3. The van der Waals surface area contributed by atoms with E-state index in [4.69, 9.17) is 16.3 Å². The van der Waals surface area contributed by atoms with E-state index in [1.807, 2.05) is 24.3 Å². The van der Waals surface area contributed by atoms with Crippen molar-refractivity contribution in [3.8, 4) is 5.75 Å². The number of nitrogens with zero attached hydrogens (tertiary/aromatic N) is 3. The van der Waals surface area contributed by atoms with Gasteiger partial charge in [0.2, 0.25) is 5.91 Å². The van der Waals surface area contributed by atoms with Crippen molar-refractivity contribution in [1.29, 1.82) is 0 Å². The second kappa shape index (κ2) is 11.8. The van der Waals surface area contributed by atoms with Gasteiger partial charge in [0.1, 0.15) is 13.2 Å². The molecule has 2 aliphatic heterocycles. The van der Waals surface area contributed by atoms with Crippen LogP contribution in [-0.2, 0) is 29.2 Å². The highest BCUT2D eigenvalue weighted by molar-refractivity contribution is 9.10. The number of imide groups is 1. The number of nitro groups is 1. The molecule has 12 heteroatoms. The van der Waals surface area contributed by atoms with E-state index < -0.39 is 16.1 Å². The molecule has 5 rings (SSSR count). The number of fused-ring (bicyclic) bond motifs is 1. The van der Waals surface area contributed by atoms with Crippen LogP contribution in [0.3, 0.4) is 0 Å². The normalized spacial score (nSPS) is 15.9. The summed E-state index contributed by atoms with van der Waals surface area (Å²) in [5, 5.41) is 10.6. The maximum Gasteiger partial charge on any atom is 0.294 e. The molecular formula is C28H21BrClN3O6S. The topological polar surface area (TPSA) is 110 Å². The Morgan fingerprint density at radius 3 is 2.55 bits per heavy atom. The van der Waals surface area contributed by atoms with Crippen LogP contribution in [-0.4, -0.2) is 44.9 Å². The minimum atomic E-state index is -0.536. The third-order valence-corrected chi connectivity index (χ3v) is 8.28. The van der Waals surface area contributed by atoms with Crippen LogP contribution in [0.2, 0.25) is 5.02 Å². The molecule has 1 saturated heterocycles. The van der Waals surface area contributed by atoms with Gasteiger partial charge in [0.15, 0.2) is 5.75 Å². The van der Waals surface area contributed by atoms with Crippen LogP contribution in [0.1, 0.15) is 22.3 Å². The standard InChI is InChI=1S/C28H21BrClN3O6S/c29-22-11-18(12-23(30)26(22)39-16-17-5-7-21(8-6-17)33(37)38)13-24-27(35)32(28(36)40-24)15-25(34)31-10-9-19-3-1-2-4-20(19)14-31/h1-8,11-13H,9-10,14-16H2/b24-13-. The van der Waals surface area contributed by atoms with Gasteiger partial charge < -0.3 is 9.64 Å². The number of thioether (sulfide) groups is 1. The van der Waals surface area contributed by atoms with Crippen LogP contribution in [0.25, 0.3) is 6.08 Å². The Kier molecular flexibility index (Phi) is 8.24. The first kappa shape index (κ1) is 27.9. The van der Waals surface area contributed by atoms with Gasteiger partial charge in [-0.1, -0.05) is 35.9 Å². The molecular weight excluding hydrogens is 622 g/mol. The number of ether oxygens (including phenoxy) is 1. The van der Waals surface area contributed by atoms with Crippen LogP contribution in [0.15, 0.2) is 70.0 Å². The van der Waals surface area contributed by atoms with Crippen LogP contribution in [0, 0.1) is 10.1 Å². The van der Waals surface area contributed by atoms with E-state index in [1.165, 1.54) is 17.7 Å². The Morgan fingerprint density at radius 1 is 1.12 bits per heavy atom. The van der Waals surface area contributed by atoms with Crippen molar-refractivity contribution in [2.75, 3.05) is 13.1 Å². The molecule has 0 unspecified atom stereocenters. The van der Waals surface area contributed by atoms with Gasteiger partial charge in [-0.25, -0.2) is 0 Å². The van der Waals surface area contributed by atoms with Crippen molar-refractivity contribution in [3.05, 3.63) is 107 Å². The predicted molar refractivity (Wildman–Crippen MR) is 155 cm³/mol. The van der Waals surface area contributed by atoms with Crippen molar-refractivity contribution in [2.45, 2.75) is 19.6 Å². The van der Waals surface area contributed by atoms with E-state index in [-0.39, 0.29) is 34.7 Å². The average Bonchev–Trinajstić information content (AvgIpc) is 3.19. The van der Waals surface area contributed by atoms with Crippen molar-refractivity contribution in [2.24, 2.45) is 0 Å². The molecule has 3 aromatic rings. The summed E-state index contributed by atoms with van der Waals surface area (Å²) >= 11 is 10.6. The Labute approximate surface area is 247 Å². The molecule has 3 amide bonds. The van der Waals surface area contributed by atoms with Crippen molar-refractivity contribution in [1.82, 2.24) is 9.80 Å². The molecule has 0 aromatic heterocycles. The quantitative estimate of drug-likeness (QED) is 0.171. The fraction of sp³-hybridized carbons (Fsp3) is 0.179. The number of halogens is 2. The van der Waals surface area contributed by atoms with Crippen molar-refractivity contribution < 1.29 is 24.0 Å². The zero-order valence-corrected chi connectivity index (χ0v) is 24.0. The Balaban J connectivity index is 1.24. The summed E-state index contributed by atoms with van der Waals surface area (Å²) in [4.78, 5) is 51.8. The number of hydrogen-bond donors (Lipinski definition) is 0. The molecule has 9 nitrogen and oxygen atoms in total. The monoisotopic (exact) mass is 641 g/mol. The van der Waals surface area contributed by atoms with E-state index in [0.29, 0.717) is 28.9 Å². The minimum Gasteiger partial charge on any atom is -0.486 e. The first-order valence-corrected chi connectivity index (χ1v) is 14.1. The zero-order chi connectivity index (χ0) is 28.4. The van der Waals surface area contributed by atoms with Crippen LogP contribution in [0.5, 0.6) is 5.75 Å². The molecule has 3 aromatic carbocycles. The number of hydrogen-bond acceptors (Lipinski definition) is 7. The summed E-state index contributed by atoms with van der Waals surface area (Å²) in [6.07, 6.45) is 2.27. The van der Waals surface area contributed by atoms with Gasteiger partial charge in [-0.15, -0.1) is 0 Å². The third-order valence-electron chi connectivity index (χ3n) is 6.50. The molecule has 1 fully saturated rings. The fourth-order valence-electron chi connectivity index (χ4n) is 4.40. The SMILES string of the molecule is O=C(CN1C(=O)S/C(=C\c2cc(Cl)c(OCc3ccc([N+](=O)[O-])cc3)c(Br)c2)C1=O)N1CCc2ccccc2C1. The van der Waals surface area contributed by atoms with E-state index in [2.05, 4.69) is 15.9 Å². The molecule has 0 spiro atoms. The molecule has 0 bridgehead atoms. The van der Waals surface area contributed by atoms with Crippen LogP contribution < -0.4 is 4.74 Å². The maximum atomic E-state index is 13.0. The Hall–Kier alpha value is -3.67. The summed E-state index contributed by atoms with van der Waals surface area (Å²) in [6.45, 7) is 0.800. The van der Waals surface area contributed by atoms with Gasteiger partial charge in [0, 0.05) is 25.2 Å². The number of benzene rings is 3. The maximum absolute atomic E-state index is 13.0. The summed E-state index contributed by atoms with van der Waals surface area (Å²) in [5.41, 5.74) is 3.53. The lowest BCUT2D eigenvalue weighted by molar-refractivity contribution is -0.384. The van der Waals surface area contributed by atoms with Gasteiger partial charge in [-0.05, 0) is 86.7 Å². The first-order valence-electron chi connectivity index (χ1n) is 12.1. The zero-order valence-electron chi connectivity index (χ0n) is 20.8. The summed E-state index contributed by atoms with van der Waals surface area (Å²) < 4.78 is 6.33. The lowest BCUT2D eigenvalue weighted by Crippen LogP contribution is -2.44. The second-order valence-corrected chi connectivity index (χ2v) is 11.4. The lowest BCUT2D eigenvalue weighted by atomic mass is 10.00. The van der Waals surface area contributed by atoms with Gasteiger partial charge in [0.05, 0.1) is 19.3 Å². The van der Waals surface area contributed by atoms with Crippen molar-refractivity contribution in [3.63, 3.8) is 0 Å². The van der Waals surface area contributed by atoms with E-state index in [9.17, 15) is 24.5 Å². The first-order chi connectivity index (χ1) is 19.2. The molecule has 0 aliphatic carbocycles. The minimum absolute atomic E-state index is 0.0154. The fourth-order valence-corrected chi connectivity index (χ4v) is 6.23. The summed E-state index contributed by atoms with van der Waals surface area (Å²) in [6, 6.07) is 17.2. The largest absolute Gasteiger partial charge is 0.486 e. The summed E-state index contributed by atoms with van der Waals surface area (Å²) in [5.74, 6) is -0.455. The highest BCUT2D eigenvalue weighted by Gasteiger charge is 2.37. The highest BCUT2D eigenvalue weighted by atomic mass is 79.9. The van der Waals surface area contributed by atoms with Gasteiger partial charge >= 0.3 is 0 Å². The third kappa shape index (κ3) is 6.06. The van der Waals surface area contributed by atoms with E-state index in [1.54, 1.807) is 35.2 Å². The molecule has 40 heavy (non-hydrogen) atoms. The van der Waals surface area contributed by atoms with Gasteiger partial charge in [-0.2, -0.15) is 0 Å². The predicted octanol–water partition coefficient (Wildman–Crippen LogP) is 6.21. The van der Waals surface area contributed by atoms with E-state index >= 15 is 0 Å². The Bertz CT molecular complexity index is 1540. The molecule has 0 radical (unpaired) electrons. The molecule has 2 heterocycles. The second-order valence-electron chi connectivity index (χ2n) is 9.13. The molecule has 0 N–H and O–H groups in total. The highest BCUT2D eigenvalue weighted by Crippen LogP contribution is 2.38. The molecule has 204 valence electrons. The molecule has 0 atom stereocenters. The van der Waals surface area contributed by atoms with Gasteiger partial charge in [-0.3, -0.25) is 29.4 Å². The van der Waals surface area contributed by atoms with Crippen LogP contribution >= 0.6 is 39.3 Å². The number of non-ortho nitro benzene ring substituents is 1. The number of amides is 3. The van der Waals surface area contributed by atoms with Crippen molar-refractivity contribution >= 4 is 68.1 Å². The Morgan fingerprint density at radius 2 is 1.85 bits per heavy atom. The number of carbonyl (C=O) groups excluding carboxylic acids is 3. The lowest BCUT2D eigenvalue weighted by Gasteiger charge is -2.29. The number of nitro benzene ring substituents is 1.